The van der Waals surface area contributed by atoms with Crippen molar-refractivity contribution in [2.24, 2.45) is 0 Å². The van der Waals surface area contributed by atoms with Crippen LogP contribution < -0.4 is 10.6 Å². The summed E-state index contributed by atoms with van der Waals surface area (Å²) in [4.78, 5) is 17.0. The average molecular weight is 368 g/mol. The number of hydrogen-bond acceptors (Lipinski definition) is 6. The summed E-state index contributed by atoms with van der Waals surface area (Å²) in [6.07, 6.45) is 3.23. The van der Waals surface area contributed by atoms with E-state index in [0.29, 0.717) is 27.9 Å². The van der Waals surface area contributed by atoms with Gasteiger partial charge in [0.05, 0.1) is 17.5 Å². The summed E-state index contributed by atoms with van der Waals surface area (Å²) in [6, 6.07) is 10.3. The lowest BCUT2D eigenvalue weighted by molar-refractivity contribution is -0.113. The number of halogens is 1. The largest absolute Gasteiger partial charge is 0.326 e. The highest BCUT2D eigenvalue weighted by Crippen LogP contribution is 2.35. The summed E-state index contributed by atoms with van der Waals surface area (Å²) in [5.41, 5.74) is 2.64. The highest BCUT2D eigenvalue weighted by Gasteiger charge is 2.34. The number of fused-ring (bicyclic) bond motifs is 1. The Morgan fingerprint density at radius 2 is 2.08 bits per heavy atom. The number of pyridine rings is 1. The number of amides is 1. The zero-order valence-corrected chi connectivity index (χ0v) is 14.5. The van der Waals surface area contributed by atoms with E-state index in [0.717, 1.165) is 5.56 Å². The molecule has 0 fully saturated rings. The molecule has 9 heteroatoms. The van der Waals surface area contributed by atoms with Crippen molar-refractivity contribution in [3.63, 3.8) is 0 Å². The summed E-state index contributed by atoms with van der Waals surface area (Å²) in [6.45, 7) is 1.82. The van der Waals surface area contributed by atoms with E-state index < -0.39 is 6.04 Å². The minimum atomic E-state index is -0.477. The van der Waals surface area contributed by atoms with Crippen molar-refractivity contribution < 1.29 is 4.79 Å². The molecule has 1 unspecified atom stereocenters. The number of nitrogens with one attached hydrogen (secondary N) is 2. The molecule has 3 aromatic rings. The lowest BCUT2D eigenvalue weighted by Crippen LogP contribution is -2.31. The third kappa shape index (κ3) is 2.91. The van der Waals surface area contributed by atoms with Crippen molar-refractivity contribution in [1.82, 2.24) is 25.2 Å². The van der Waals surface area contributed by atoms with E-state index in [-0.39, 0.29) is 5.91 Å². The van der Waals surface area contributed by atoms with Gasteiger partial charge in [-0.1, -0.05) is 28.8 Å². The quantitative estimate of drug-likeness (QED) is 0.738. The normalized spacial score (nSPS) is 16.0. The molecule has 2 N–H and O–H groups in total. The zero-order chi connectivity index (χ0) is 18.1. The van der Waals surface area contributed by atoms with E-state index in [9.17, 15) is 4.79 Å². The average Bonchev–Trinajstić information content (AvgIpc) is 3.10. The van der Waals surface area contributed by atoms with Gasteiger partial charge in [0.1, 0.15) is 6.04 Å². The van der Waals surface area contributed by atoms with Crippen LogP contribution >= 0.6 is 11.6 Å². The molecule has 0 bridgehead atoms. The summed E-state index contributed by atoms with van der Waals surface area (Å²) in [7, 11) is 0. The molecule has 1 aliphatic heterocycles. The molecule has 26 heavy (non-hydrogen) atoms. The van der Waals surface area contributed by atoms with Crippen LogP contribution in [0.25, 0.3) is 0 Å². The van der Waals surface area contributed by atoms with Crippen LogP contribution in [0.2, 0.25) is 5.02 Å². The standard InChI is InChI=1S/C17H14ClN7O/c1-10-14(16(26)21-13-3-2-8-19-9-13)15(11-4-6-12(18)7-5-11)25-17(20-10)22-23-24-25/h2-9,15H,1H3,(H,21,26)(H,20,22,24). The van der Waals surface area contributed by atoms with Crippen LogP contribution in [-0.4, -0.2) is 31.1 Å². The first-order valence-electron chi connectivity index (χ1n) is 7.86. The Balaban J connectivity index is 1.77. The monoisotopic (exact) mass is 367 g/mol. The van der Waals surface area contributed by atoms with Crippen molar-refractivity contribution in [3.8, 4) is 0 Å². The van der Waals surface area contributed by atoms with Crippen molar-refractivity contribution >= 4 is 29.1 Å². The predicted molar refractivity (Wildman–Crippen MR) is 96.6 cm³/mol. The van der Waals surface area contributed by atoms with E-state index in [1.54, 1.807) is 41.3 Å². The Bertz CT molecular complexity index is 982. The summed E-state index contributed by atoms with van der Waals surface area (Å²) in [5.74, 6) is 0.212. The molecule has 1 aliphatic rings. The predicted octanol–water partition coefficient (Wildman–Crippen LogP) is 2.65. The van der Waals surface area contributed by atoms with Crippen LogP contribution in [0, 0.1) is 0 Å². The van der Waals surface area contributed by atoms with Gasteiger partial charge in [-0.15, -0.1) is 0 Å². The Labute approximate surface area is 153 Å². The summed E-state index contributed by atoms with van der Waals surface area (Å²) in [5, 5.41) is 18.3. The molecule has 1 aromatic carbocycles. The molecular formula is C17H14ClN7O. The molecule has 0 saturated heterocycles. The molecule has 2 aromatic heterocycles. The lowest BCUT2D eigenvalue weighted by Gasteiger charge is -2.28. The first-order valence-corrected chi connectivity index (χ1v) is 8.24. The van der Waals surface area contributed by atoms with Gasteiger partial charge in [0.25, 0.3) is 5.91 Å². The summed E-state index contributed by atoms with van der Waals surface area (Å²) < 4.78 is 1.58. The van der Waals surface area contributed by atoms with Crippen molar-refractivity contribution in [1.29, 1.82) is 0 Å². The van der Waals surface area contributed by atoms with Gasteiger partial charge in [0.2, 0.25) is 5.95 Å². The molecule has 0 aliphatic carbocycles. The van der Waals surface area contributed by atoms with Crippen molar-refractivity contribution in [3.05, 3.63) is 70.6 Å². The second kappa shape index (κ2) is 6.57. The third-order valence-electron chi connectivity index (χ3n) is 4.06. The fraction of sp³-hybridized carbons (Fsp3) is 0.118. The van der Waals surface area contributed by atoms with Gasteiger partial charge in [0, 0.05) is 16.9 Å². The lowest BCUT2D eigenvalue weighted by atomic mass is 9.95. The van der Waals surface area contributed by atoms with Gasteiger partial charge in [-0.3, -0.25) is 9.78 Å². The number of nitrogens with zero attached hydrogens (tertiary/aromatic N) is 5. The van der Waals surface area contributed by atoms with Crippen LogP contribution in [0.15, 0.2) is 60.1 Å². The van der Waals surface area contributed by atoms with Crippen molar-refractivity contribution in [2.45, 2.75) is 13.0 Å². The topological polar surface area (TPSA) is 97.6 Å². The Morgan fingerprint density at radius 3 is 2.81 bits per heavy atom. The Hall–Kier alpha value is -3.26. The second-order valence-corrected chi connectivity index (χ2v) is 6.20. The second-order valence-electron chi connectivity index (χ2n) is 5.76. The molecule has 4 rings (SSSR count). The SMILES string of the molecule is CC1=C(C(=O)Nc2cccnc2)C(c2ccc(Cl)cc2)n2nnnc2N1. The zero-order valence-electron chi connectivity index (χ0n) is 13.7. The van der Waals surface area contributed by atoms with Gasteiger partial charge in [-0.2, -0.15) is 4.68 Å². The van der Waals surface area contributed by atoms with E-state index >= 15 is 0 Å². The first-order chi connectivity index (χ1) is 12.6. The number of benzene rings is 1. The number of carbonyl (C=O) groups excluding carboxylic acids is 1. The fourth-order valence-electron chi connectivity index (χ4n) is 2.89. The molecule has 1 atom stereocenters. The van der Waals surface area contributed by atoms with Crippen LogP contribution in [0.5, 0.6) is 0 Å². The minimum Gasteiger partial charge on any atom is -0.326 e. The van der Waals surface area contributed by atoms with Gasteiger partial charge < -0.3 is 10.6 Å². The van der Waals surface area contributed by atoms with Crippen LogP contribution in [0.4, 0.5) is 11.6 Å². The van der Waals surface area contributed by atoms with Gasteiger partial charge in [0.15, 0.2) is 0 Å². The molecule has 0 radical (unpaired) electrons. The Morgan fingerprint density at radius 1 is 1.27 bits per heavy atom. The van der Waals surface area contributed by atoms with E-state index in [1.165, 1.54) is 0 Å². The maximum atomic E-state index is 13.0. The van der Waals surface area contributed by atoms with Crippen LogP contribution in [0.1, 0.15) is 18.5 Å². The van der Waals surface area contributed by atoms with E-state index in [4.69, 9.17) is 11.6 Å². The maximum Gasteiger partial charge on any atom is 0.255 e. The molecule has 0 saturated carbocycles. The molecule has 8 nitrogen and oxygen atoms in total. The molecular weight excluding hydrogens is 354 g/mol. The first kappa shape index (κ1) is 16.2. The highest BCUT2D eigenvalue weighted by molar-refractivity contribution is 6.30. The fourth-order valence-corrected chi connectivity index (χ4v) is 3.02. The highest BCUT2D eigenvalue weighted by atomic mass is 35.5. The molecule has 130 valence electrons. The minimum absolute atomic E-state index is 0.260. The smallest absolute Gasteiger partial charge is 0.255 e. The molecule has 0 spiro atoms. The number of rotatable bonds is 3. The number of anilines is 2. The third-order valence-corrected chi connectivity index (χ3v) is 4.32. The van der Waals surface area contributed by atoms with Gasteiger partial charge in [-0.25, -0.2) is 0 Å². The maximum absolute atomic E-state index is 13.0. The number of carbonyl (C=O) groups is 1. The van der Waals surface area contributed by atoms with Gasteiger partial charge >= 0.3 is 0 Å². The van der Waals surface area contributed by atoms with Gasteiger partial charge in [-0.05, 0) is 47.2 Å². The number of hydrogen-bond donors (Lipinski definition) is 2. The number of allylic oxidation sites excluding steroid dienone is 1. The van der Waals surface area contributed by atoms with Crippen LogP contribution in [-0.2, 0) is 4.79 Å². The van der Waals surface area contributed by atoms with Crippen LogP contribution in [0.3, 0.4) is 0 Å². The van der Waals surface area contributed by atoms with Crippen molar-refractivity contribution in [2.75, 3.05) is 10.6 Å². The van der Waals surface area contributed by atoms with E-state index in [2.05, 4.69) is 31.1 Å². The number of aromatic nitrogens is 5. The van der Waals surface area contributed by atoms with E-state index in [1.807, 2.05) is 19.1 Å². The summed E-state index contributed by atoms with van der Waals surface area (Å²) >= 11 is 6.01. The Kier molecular flexibility index (Phi) is 4.10. The molecule has 3 heterocycles. The molecule has 1 amide bonds. The number of tetrazole rings is 1.